The molecule has 0 aromatic heterocycles. The Morgan fingerprint density at radius 2 is 1.89 bits per heavy atom. The number of halogens is 1. The van der Waals surface area contributed by atoms with Crippen molar-refractivity contribution in [2.24, 2.45) is 28.6 Å². The van der Waals surface area contributed by atoms with Crippen LogP contribution in [0.2, 0.25) is 0 Å². The first-order chi connectivity index (χ1) is 20.7. The molecule has 0 heterocycles. The van der Waals surface area contributed by atoms with Crippen molar-refractivity contribution in [1.82, 2.24) is 0 Å². The van der Waals surface area contributed by atoms with Gasteiger partial charge in [0.25, 0.3) is 5.09 Å². The summed E-state index contributed by atoms with van der Waals surface area (Å²) in [5, 5.41) is 21.0. The number of aliphatic hydroxyl groups is 1. The molecule has 2 unspecified atom stereocenters. The molecule has 44 heavy (non-hydrogen) atoms. The predicted molar refractivity (Wildman–Crippen MR) is 151 cm³/mol. The van der Waals surface area contributed by atoms with E-state index in [0.717, 1.165) is 0 Å². The van der Waals surface area contributed by atoms with Crippen LogP contribution in [0.25, 0.3) is 0 Å². The zero-order chi connectivity index (χ0) is 32.5. The summed E-state index contributed by atoms with van der Waals surface area (Å²) < 4.78 is 33.7. The van der Waals surface area contributed by atoms with E-state index in [4.69, 9.17) is 14.2 Å². The van der Waals surface area contributed by atoms with E-state index in [1.165, 1.54) is 12.2 Å². The molecule has 0 bridgehead atoms. The first-order valence-electron chi connectivity index (χ1n) is 15.3. The molecule has 0 amide bonds. The second-order valence-corrected chi connectivity index (χ2v) is 12.9. The van der Waals surface area contributed by atoms with Gasteiger partial charge in [0.2, 0.25) is 5.78 Å². The summed E-state index contributed by atoms with van der Waals surface area (Å²) in [6, 6.07) is 0. The minimum Gasteiger partial charge on any atom is -0.450 e. The maximum absolute atomic E-state index is 17.6. The summed E-state index contributed by atoms with van der Waals surface area (Å²) in [5.74, 6) is -3.32. The van der Waals surface area contributed by atoms with E-state index in [9.17, 15) is 34.4 Å². The lowest BCUT2D eigenvalue weighted by atomic mass is 9.44. The number of hydrogen-bond acceptors (Lipinski definition) is 11. The standard InChI is InChI=1S/C31H42FNO11/c1-5-6-8-26(37)44-31(25(36)18-42-27(38)41-13-7-14-43-33(39)40)19(2)15-23-22-10-9-20-16-21(34)11-12-28(20,3)30(22,32)24(35)17-29(23,31)4/h11-12,16,19,22-24,35H,5-10,13-15,17-18H2,1-4H3/t19-,22?,23?,24-,28-,29-,30-,31-/m0/s1. The van der Waals surface area contributed by atoms with E-state index in [1.54, 1.807) is 26.8 Å². The van der Waals surface area contributed by atoms with Gasteiger partial charge in [-0.05, 0) is 57.1 Å². The molecule has 0 radical (unpaired) electrons. The second-order valence-electron chi connectivity index (χ2n) is 12.9. The summed E-state index contributed by atoms with van der Waals surface area (Å²) in [7, 11) is 0. The zero-order valence-corrected chi connectivity index (χ0v) is 25.7. The SMILES string of the molecule is CCCCC(=O)O[C@]1(C(=O)COC(=O)OCCCO[N+](=O)[O-])[C@@H](C)CC2C3CCC4=CC(=O)C=C[C@]4(C)[C@@]3(F)[C@@H](O)C[C@@]21C. The van der Waals surface area contributed by atoms with Crippen LogP contribution in [-0.2, 0) is 33.4 Å². The first-order valence-corrected chi connectivity index (χ1v) is 15.3. The van der Waals surface area contributed by atoms with E-state index >= 15 is 4.39 Å². The number of hydrogen-bond donors (Lipinski definition) is 1. The number of Topliss-reactive ketones (excluding diaryl/α,β-unsaturated/α-hetero) is 1. The fourth-order valence-electron chi connectivity index (χ4n) is 8.58. The third kappa shape index (κ3) is 5.41. The van der Waals surface area contributed by atoms with Crippen LogP contribution >= 0.6 is 0 Å². The quantitative estimate of drug-likeness (QED) is 0.142. The van der Waals surface area contributed by atoms with Crippen molar-refractivity contribution in [1.29, 1.82) is 0 Å². The highest BCUT2D eigenvalue weighted by Crippen LogP contribution is 2.71. The normalized spacial score (nSPS) is 37.1. The van der Waals surface area contributed by atoms with Crippen LogP contribution in [0.15, 0.2) is 23.8 Å². The third-order valence-electron chi connectivity index (χ3n) is 10.6. The number of aliphatic hydroxyl groups excluding tert-OH is 1. The molecule has 12 nitrogen and oxygen atoms in total. The number of alkyl halides is 1. The van der Waals surface area contributed by atoms with Gasteiger partial charge in [-0.1, -0.05) is 38.8 Å². The Bertz CT molecular complexity index is 1250. The van der Waals surface area contributed by atoms with Gasteiger partial charge in [0.1, 0.15) is 0 Å². The molecule has 3 saturated carbocycles. The zero-order valence-electron chi connectivity index (χ0n) is 25.7. The lowest BCUT2D eigenvalue weighted by molar-refractivity contribution is -0.757. The van der Waals surface area contributed by atoms with Crippen molar-refractivity contribution in [3.63, 3.8) is 0 Å². The van der Waals surface area contributed by atoms with Crippen molar-refractivity contribution < 1.29 is 52.8 Å². The van der Waals surface area contributed by atoms with Gasteiger partial charge in [0, 0.05) is 35.5 Å². The fourth-order valence-corrected chi connectivity index (χ4v) is 8.58. The van der Waals surface area contributed by atoms with E-state index in [-0.39, 0.29) is 38.3 Å². The molecule has 4 aliphatic carbocycles. The number of allylic oxidation sites excluding steroid dienone is 4. The van der Waals surface area contributed by atoms with Crippen LogP contribution < -0.4 is 0 Å². The minimum absolute atomic E-state index is 0.0171. The van der Waals surface area contributed by atoms with Crippen molar-refractivity contribution in [3.05, 3.63) is 33.9 Å². The average Bonchev–Trinajstić information content (AvgIpc) is 3.17. The number of carbonyl (C=O) groups excluding carboxylic acids is 4. The molecule has 8 atom stereocenters. The van der Waals surface area contributed by atoms with Gasteiger partial charge >= 0.3 is 12.1 Å². The molecule has 0 saturated heterocycles. The van der Waals surface area contributed by atoms with E-state index in [1.807, 2.05) is 6.92 Å². The number of fused-ring (bicyclic) bond motifs is 5. The molecule has 4 rings (SSSR count). The summed E-state index contributed by atoms with van der Waals surface area (Å²) in [4.78, 5) is 66.1. The molecule has 244 valence electrons. The molecule has 0 aromatic carbocycles. The largest absolute Gasteiger partial charge is 0.508 e. The molecule has 0 spiro atoms. The number of unbranched alkanes of at least 4 members (excludes halogenated alkanes) is 1. The van der Waals surface area contributed by atoms with Crippen LogP contribution in [0.3, 0.4) is 0 Å². The number of nitrogens with zero attached hydrogens (tertiary/aromatic N) is 1. The van der Waals surface area contributed by atoms with Gasteiger partial charge in [-0.25, -0.2) is 9.18 Å². The monoisotopic (exact) mass is 623 g/mol. The van der Waals surface area contributed by atoms with Gasteiger partial charge in [-0.3, -0.25) is 14.4 Å². The van der Waals surface area contributed by atoms with Crippen LogP contribution in [0.5, 0.6) is 0 Å². The predicted octanol–water partition coefficient (Wildman–Crippen LogP) is 4.40. The Hall–Kier alpha value is -3.35. The molecule has 0 aliphatic heterocycles. The fraction of sp³-hybridized carbons (Fsp3) is 0.742. The highest BCUT2D eigenvalue weighted by molar-refractivity contribution is 6.01. The molecule has 13 heteroatoms. The van der Waals surface area contributed by atoms with Gasteiger partial charge in [0.15, 0.2) is 23.7 Å². The lowest BCUT2D eigenvalue weighted by Crippen LogP contribution is -2.70. The average molecular weight is 624 g/mol. The van der Waals surface area contributed by atoms with Crippen LogP contribution in [-0.4, -0.2) is 71.1 Å². The Morgan fingerprint density at radius 3 is 2.57 bits per heavy atom. The summed E-state index contributed by atoms with van der Waals surface area (Å²) in [6.45, 7) is 5.76. The molecule has 4 aliphatic rings. The number of rotatable bonds is 12. The van der Waals surface area contributed by atoms with Crippen LogP contribution in [0.4, 0.5) is 9.18 Å². The molecule has 0 aromatic rings. The highest BCUT2D eigenvalue weighted by Gasteiger charge is 2.77. The summed E-state index contributed by atoms with van der Waals surface area (Å²) in [5.41, 5.74) is -5.76. The van der Waals surface area contributed by atoms with Gasteiger partial charge in [0.05, 0.1) is 19.3 Å². The van der Waals surface area contributed by atoms with Gasteiger partial charge < -0.3 is 24.2 Å². The van der Waals surface area contributed by atoms with E-state index < -0.39 is 75.6 Å². The van der Waals surface area contributed by atoms with Crippen molar-refractivity contribution in [3.8, 4) is 0 Å². The van der Waals surface area contributed by atoms with Crippen LogP contribution in [0, 0.1) is 38.7 Å². The van der Waals surface area contributed by atoms with Crippen LogP contribution in [0.1, 0.15) is 79.1 Å². The second kappa shape index (κ2) is 12.6. The van der Waals surface area contributed by atoms with Gasteiger partial charge in [-0.15, -0.1) is 10.1 Å². The number of ether oxygens (including phenoxy) is 3. The topological polar surface area (TPSA) is 169 Å². The smallest absolute Gasteiger partial charge is 0.450 e. The molecular weight excluding hydrogens is 581 g/mol. The number of ketones is 2. The van der Waals surface area contributed by atoms with E-state index in [2.05, 4.69) is 4.84 Å². The minimum atomic E-state index is -2.14. The van der Waals surface area contributed by atoms with E-state index in [0.29, 0.717) is 37.7 Å². The Labute approximate surface area is 255 Å². The Morgan fingerprint density at radius 1 is 1.16 bits per heavy atom. The number of carbonyl (C=O) groups is 4. The molecular formula is C31H42FNO11. The van der Waals surface area contributed by atoms with Gasteiger partial charge in [-0.2, -0.15) is 0 Å². The summed E-state index contributed by atoms with van der Waals surface area (Å²) >= 11 is 0. The van der Waals surface area contributed by atoms with Crippen molar-refractivity contribution >= 4 is 23.7 Å². The first kappa shape index (κ1) is 33.5. The molecule has 1 N–H and O–H groups in total. The molecule has 3 fully saturated rings. The van der Waals surface area contributed by atoms with Crippen molar-refractivity contribution in [2.75, 3.05) is 19.8 Å². The Kier molecular flexibility index (Phi) is 9.58. The van der Waals surface area contributed by atoms with Crippen molar-refractivity contribution in [2.45, 2.75) is 96.4 Å². The number of esters is 1. The lowest BCUT2D eigenvalue weighted by Gasteiger charge is -2.62. The maximum Gasteiger partial charge on any atom is 0.508 e. The third-order valence-corrected chi connectivity index (χ3v) is 10.6. The highest BCUT2D eigenvalue weighted by atomic mass is 19.1. The summed E-state index contributed by atoms with van der Waals surface area (Å²) in [6.07, 6.45) is 3.79. The Balaban J connectivity index is 1.62. The maximum atomic E-state index is 17.6.